The van der Waals surface area contributed by atoms with E-state index in [2.05, 4.69) is 43.4 Å². The molecule has 0 spiro atoms. The second-order valence-corrected chi connectivity index (χ2v) is 5.31. The zero-order valence-corrected chi connectivity index (χ0v) is 13.4. The lowest BCUT2D eigenvalue weighted by Crippen LogP contribution is -1.83. The molecule has 0 saturated carbocycles. The summed E-state index contributed by atoms with van der Waals surface area (Å²) in [6.07, 6.45) is 26.8. The number of allylic oxidation sites excluding steroid dienone is 6. The summed E-state index contributed by atoms with van der Waals surface area (Å²) in [6.45, 7) is 2.56. The summed E-state index contributed by atoms with van der Waals surface area (Å²) >= 11 is 0. The first-order valence-electron chi connectivity index (χ1n) is 8.47. The number of hydrogen-bond acceptors (Lipinski definition) is 1. The molecular formula is C19H34O. The molecule has 0 aliphatic rings. The van der Waals surface area contributed by atoms with Gasteiger partial charge in [0.15, 0.2) is 0 Å². The second-order valence-electron chi connectivity index (χ2n) is 5.31. The Bertz CT molecular complexity index is 250. The highest BCUT2D eigenvalue weighted by Crippen LogP contribution is 2.07. The van der Waals surface area contributed by atoms with E-state index < -0.39 is 0 Å². The van der Waals surface area contributed by atoms with E-state index in [1.54, 1.807) is 0 Å². The van der Waals surface area contributed by atoms with Gasteiger partial charge in [-0.1, -0.05) is 75.5 Å². The topological polar surface area (TPSA) is 20.2 Å². The Balaban J connectivity index is 3.21. The Kier molecular flexibility index (Phi) is 17.4. The molecule has 20 heavy (non-hydrogen) atoms. The van der Waals surface area contributed by atoms with E-state index in [4.69, 9.17) is 5.11 Å². The highest BCUT2D eigenvalue weighted by atomic mass is 16.2. The van der Waals surface area contributed by atoms with Gasteiger partial charge >= 0.3 is 0 Å². The fraction of sp³-hybridized carbons (Fsp3) is 0.684. The standard InChI is InChI=1S/C19H34O/c1-2-3-4-5-6-7-8-9-10-11-12-13-14-15-16-17-18-19-20/h4-5,7-8,10-11,20H,2-3,6,9,12-19H2,1H3/b5-4-,8-7-,11-10-. The van der Waals surface area contributed by atoms with Gasteiger partial charge in [-0.25, -0.2) is 0 Å². The summed E-state index contributed by atoms with van der Waals surface area (Å²) < 4.78 is 0. The van der Waals surface area contributed by atoms with E-state index >= 15 is 0 Å². The summed E-state index contributed by atoms with van der Waals surface area (Å²) in [7, 11) is 0. The number of hydrogen-bond donors (Lipinski definition) is 1. The quantitative estimate of drug-likeness (QED) is 0.307. The molecule has 116 valence electrons. The van der Waals surface area contributed by atoms with Crippen LogP contribution in [-0.4, -0.2) is 11.7 Å². The van der Waals surface area contributed by atoms with Crippen molar-refractivity contribution in [3.8, 4) is 0 Å². The maximum absolute atomic E-state index is 8.66. The minimum Gasteiger partial charge on any atom is -0.396 e. The van der Waals surface area contributed by atoms with Gasteiger partial charge in [-0.3, -0.25) is 0 Å². The third-order valence-electron chi connectivity index (χ3n) is 3.28. The zero-order chi connectivity index (χ0) is 14.7. The Hall–Kier alpha value is -0.820. The van der Waals surface area contributed by atoms with Crippen molar-refractivity contribution in [1.29, 1.82) is 0 Å². The van der Waals surface area contributed by atoms with E-state index in [9.17, 15) is 0 Å². The number of aliphatic hydroxyl groups excluding tert-OH is 1. The lowest BCUT2D eigenvalue weighted by molar-refractivity contribution is 0.282. The Morgan fingerprint density at radius 2 is 1.10 bits per heavy atom. The van der Waals surface area contributed by atoms with Crippen LogP contribution in [0.4, 0.5) is 0 Å². The van der Waals surface area contributed by atoms with Crippen molar-refractivity contribution in [2.45, 2.75) is 77.6 Å². The summed E-state index contributed by atoms with van der Waals surface area (Å²) in [4.78, 5) is 0. The molecule has 1 nitrogen and oxygen atoms in total. The number of unbranched alkanes of at least 4 members (excludes halogenated alkanes) is 7. The van der Waals surface area contributed by atoms with Crippen molar-refractivity contribution in [2.75, 3.05) is 6.61 Å². The minimum atomic E-state index is 0.352. The van der Waals surface area contributed by atoms with Crippen molar-refractivity contribution in [3.05, 3.63) is 36.5 Å². The van der Waals surface area contributed by atoms with Crippen LogP contribution in [0.2, 0.25) is 0 Å². The molecule has 0 aliphatic carbocycles. The van der Waals surface area contributed by atoms with E-state index in [0.717, 1.165) is 19.3 Å². The van der Waals surface area contributed by atoms with Gasteiger partial charge in [0.05, 0.1) is 0 Å². The fourth-order valence-electron chi connectivity index (χ4n) is 2.03. The van der Waals surface area contributed by atoms with Gasteiger partial charge in [-0.2, -0.15) is 0 Å². The SMILES string of the molecule is CCC/C=C\C/C=C\C/C=C\CCCCCCCCO. The maximum Gasteiger partial charge on any atom is 0.0431 e. The molecule has 0 radical (unpaired) electrons. The van der Waals surface area contributed by atoms with Gasteiger partial charge in [0.25, 0.3) is 0 Å². The molecule has 0 aliphatic heterocycles. The smallest absolute Gasteiger partial charge is 0.0431 e. The van der Waals surface area contributed by atoms with Crippen LogP contribution in [0.5, 0.6) is 0 Å². The fourth-order valence-corrected chi connectivity index (χ4v) is 2.03. The molecule has 0 aromatic rings. The van der Waals surface area contributed by atoms with Crippen molar-refractivity contribution in [2.24, 2.45) is 0 Å². The van der Waals surface area contributed by atoms with Gasteiger partial charge in [0, 0.05) is 6.61 Å². The minimum absolute atomic E-state index is 0.352. The first-order chi connectivity index (χ1) is 9.91. The number of rotatable bonds is 14. The summed E-state index contributed by atoms with van der Waals surface area (Å²) in [6, 6.07) is 0. The van der Waals surface area contributed by atoms with Crippen LogP contribution in [0.1, 0.15) is 77.6 Å². The molecular weight excluding hydrogens is 244 g/mol. The Morgan fingerprint density at radius 1 is 0.600 bits per heavy atom. The molecule has 0 unspecified atom stereocenters. The van der Waals surface area contributed by atoms with Gasteiger partial charge in [0.2, 0.25) is 0 Å². The van der Waals surface area contributed by atoms with Crippen LogP contribution in [-0.2, 0) is 0 Å². The first kappa shape index (κ1) is 19.2. The molecule has 0 fully saturated rings. The molecule has 0 amide bonds. The largest absolute Gasteiger partial charge is 0.396 e. The predicted octanol–water partition coefficient (Wildman–Crippen LogP) is 5.96. The third kappa shape index (κ3) is 17.2. The summed E-state index contributed by atoms with van der Waals surface area (Å²) in [5, 5.41) is 8.66. The molecule has 0 atom stereocenters. The third-order valence-corrected chi connectivity index (χ3v) is 3.28. The molecule has 0 saturated heterocycles. The summed E-state index contributed by atoms with van der Waals surface area (Å²) in [5.74, 6) is 0. The lowest BCUT2D eigenvalue weighted by Gasteiger charge is -1.98. The number of aliphatic hydroxyl groups is 1. The van der Waals surface area contributed by atoms with Gasteiger partial charge < -0.3 is 5.11 Å². The summed E-state index contributed by atoms with van der Waals surface area (Å²) in [5.41, 5.74) is 0. The molecule has 1 heteroatoms. The molecule has 0 aromatic heterocycles. The Morgan fingerprint density at radius 3 is 1.70 bits per heavy atom. The predicted molar refractivity (Wildman–Crippen MR) is 91.0 cm³/mol. The average molecular weight is 278 g/mol. The maximum atomic E-state index is 8.66. The first-order valence-corrected chi connectivity index (χ1v) is 8.47. The van der Waals surface area contributed by atoms with Crippen molar-refractivity contribution < 1.29 is 5.11 Å². The van der Waals surface area contributed by atoms with Crippen LogP contribution in [0.25, 0.3) is 0 Å². The molecule has 0 aromatic carbocycles. The van der Waals surface area contributed by atoms with Crippen molar-refractivity contribution in [1.82, 2.24) is 0 Å². The zero-order valence-electron chi connectivity index (χ0n) is 13.4. The second kappa shape index (κ2) is 18.2. The highest BCUT2D eigenvalue weighted by molar-refractivity contribution is 4.97. The Labute approximate surface area is 126 Å². The highest BCUT2D eigenvalue weighted by Gasteiger charge is 1.89. The van der Waals surface area contributed by atoms with Gasteiger partial charge in [0.1, 0.15) is 0 Å². The van der Waals surface area contributed by atoms with Crippen LogP contribution in [0, 0.1) is 0 Å². The van der Waals surface area contributed by atoms with Crippen LogP contribution < -0.4 is 0 Å². The van der Waals surface area contributed by atoms with Crippen LogP contribution >= 0.6 is 0 Å². The van der Waals surface area contributed by atoms with E-state index in [1.165, 1.54) is 51.4 Å². The average Bonchev–Trinajstić information content (AvgIpc) is 2.47. The lowest BCUT2D eigenvalue weighted by atomic mass is 10.1. The molecule has 0 bridgehead atoms. The monoisotopic (exact) mass is 278 g/mol. The van der Waals surface area contributed by atoms with Gasteiger partial charge in [-0.05, 0) is 38.5 Å². The molecule has 0 rings (SSSR count). The van der Waals surface area contributed by atoms with Gasteiger partial charge in [-0.15, -0.1) is 0 Å². The van der Waals surface area contributed by atoms with Crippen LogP contribution in [0.3, 0.4) is 0 Å². The van der Waals surface area contributed by atoms with Crippen molar-refractivity contribution >= 4 is 0 Å². The molecule has 0 heterocycles. The van der Waals surface area contributed by atoms with Crippen LogP contribution in [0.15, 0.2) is 36.5 Å². The van der Waals surface area contributed by atoms with Crippen molar-refractivity contribution in [3.63, 3.8) is 0 Å². The van der Waals surface area contributed by atoms with E-state index in [0.29, 0.717) is 6.61 Å². The normalized spacial score (nSPS) is 12.3. The van der Waals surface area contributed by atoms with E-state index in [-0.39, 0.29) is 0 Å². The molecule has 1 N–H and O–H groups in total. The van der Waals surface area contributed by atoms with E-state index in [1.807, 2.05) is 0 Å².